The Kier molecular flexibility index (Phi) is 6.52. The molecule has 0 spiro atoms. The van der Waals surface area contributed by atoms with E-state index in [2.05, 4.69) is 17.1 Å². The molecule has 0 aromatic carbocycles. The molecular formula is C13H19Cl2N3O. The highest BCUT2D eigenvalue weighted by atomic mass is 35.5. The smallest absolute Gasteiger partial charge is 0.257 e. The molecule has 0 fully saturated rings. The maximum Gasteiger partial charge on any atom is 0.257 e. The van der Waals surface area contributed by atoms with E-state index in [0.717, 1.165) is 19.3 Å². The quantitative estimate of drug-likeness (QED) is 0.750. The molecule has 0 atom stereocenters. The van der Waals surface area contributed by atoms with Crippen LogP contribution in [0.4, 0.5) is 0 Å². The van der Waals surface area contributed by atoms with Crippen LogP contribution in [0.5, 0.6) is 0 Å². The fourth-order valence-corrected chi connectivity index (χ4v) is 2.10. The zero-order valence-corrected chi connectivity index (χ0v) is 13.0. The minimum absolute atomic E-state index is 0.0931. The molecule has 6 heteroatoms. The van der Waals surface area contributed by atoms with Gasteiger partial charge in [-0.2, -0.15) is 0 Å². The van der Waals surface area contributed by atoms with E-state index < -0.39 is 0 Å². The second-order valence-electron chi connectivity index (χ2n) is 4.67. The zero-order valence-electron chi connectivity index (χ0n) is 11.5. The molecule has 0 unspecified atom stereocenters. The van der Waals surface area contributed by atoms with Crippen LogP contribution in [0.25, 0.3) is 0 Å². The van der Waals surface area contributed by atoms with Crippen molar-refractivity contribution in [3.8, 4) is 0 Å². The first-order chi connectivity index (χ1) is 8.97. The lowest BCUT2D eigenvalue weighted by atomic mass is 10.2. The number of hydrogen-bond acceptors (Lipinski definition) is 3. The molecule has 19 heavy (non-hydrogen) atoms. The van der Waals surface area contributed by atoms with Crippen LogP contribution in [0.2, 0.25) is 10.3 Å². The molecule has 1 aromatic heterocycles. The summed E-state index contributed by atoms with van der Waals surface area (Å²) >= 11 is 11.7. The fraction of sp³-hybridized carbons (Fsp3) is 0.615. The fourth-order valence-electron chi connectivity index (χ4n) is 1.78. The monoisotopic (exact) mass is 303 g/mol. The zero-order chi connectivity index (χ0) is 14.4. The normalized spacial score (nSPS) is 10.8. The second kappa shape index (κ2) is 7.65. The summed E-state index contributed by atoms with van der Waals surface area (Å²) < 4.78 is 0. The Morgan fingerprint density at radius 2 is 2.00 bits per heavy atom. The van der Waals surface area contributed by atoms with Crippen LogP contribution in [-0.4, -0.2) is 33.6 Å². The molecule has 0 aliphatic heterocycles. The summed E-state index contributed by atoms with van der Waals surface area (Å²) in [7, 11) is 0. The average molecular weight is 304 g/mol. The number of nitrogens with zero attached hydrogens (tertiary/aromatic N) is 3. The number of halogens is 2. The van der Waals surface area contributed by atoms with Gasteiger partial charge in [0.25, 0.3) is 5.91 Å². The van der Waals surface area contributed by atoms with Crippen molar-refractivity contribution < 1.29 is 4.79 Å². The van der Waals surface area contributed by atoms with E-state index in [9.17, 15) is 4.79 Å². The third-order valence-electron chi connectivity index (χ3n) is 2.84. The van der Waals surface area contributed by atoms with Gasteiger partial charge in [0.2, 0.25) is 0 Å². The number of aromatic nitrogens is 2. The van der Waals surface area contributed by atoms with E-state index in [1.807, 2.05) is 13.8 Å². The molecule has 0 bridgehead atoms. The SMILES string of the molecule is CCCCCN(C(=O)c1cc(Cl)nnc1Cl)C(C)C. The van der Waals surface area contributed by atoms with E-state index in [4.69, 9.17) is 23.2 Å². The van der Waals surface area contributed by atoms with Crippen molar-refractivity contribution in [2.45, 2.75) is 46.1 Å². The largest absolute Gasteiger partial charge is 0.336 e. The maximum atomic E-state index is 12.5. The molecule has 1 aromatic rings. The second-order valence-corrected chi connectivity index (χ2v) is 5.42. The molecule has 0 aliphatic rings. The first-order valence-corrected chi connectivity index (χ1v) is 7.22. The predicted molar refractivity (Wildman–Crippen MR) is 77.7 cm³/mol. The van der Waals surface area contributed by atoms with Gasteiger partial charge in [-0.15, -0.1) is 10.2 Å². The van der Waals surface area contributed by atoms with Crippen LogP contribution in [0.1, 0.15) is 50.4 Å². The van der Waals surface area contributed by atoms with E-state index in [1.54, 1.807) is 4.90 Å². The van der Waals surface area contributed by atoms with Crippen LogP contribution in [-0.2, 0) is 0 Å². The van der Waals surface area contributed by atoms with Gasteiger partial charge in [-0.3, -0.25) is 4.79 Å². The topological polar surface area (TPSA) is 46.1 Å². The molecular weight excluding hydrogens is 285 g/mol. The van der Waals surface area contributed by atoms with Gasteiger partial charge in [0.15, 0.2) is 10.3 Å². The lowest BCUT2D eigenvalue weighted by molar-refractivity contribution is 0.0702. The molecule has 0 saturated heterocycles. The van der Waals surface area contributed by atoms with Crippen LogP contribution >= 0.6 is 23.2 Å². The number of carbonyl (C=O) groups excluding carboxylic acids is 1. The van der Waals surface area contributed by atoms with Crippen LogP contribution in [0.3, 0.4) is 0 Å². The predicted octanol–water partition coefficient (Wildman–Crippen LogP) is 3.82. The van der Waals surface area contributed by atoms with Gasteiger partial charge in [0.05, 0.1) is 5.56 Å². The van der Waals surface area contributed by atoms with Crippen LogP contribution in [0, 0.1) is 0 Å². The third kappa shape index (κ3) is 4.62. The minimum atomic E-state index is -0.145. The van der Waals surface area contributed by atoms with E-state index in [1.165, 1.54) is 6.07 Å². The Bertz CT molecular complexity index is 438. The number of unbranched alkanes of at least 4 members (excludes halogenated alkanes) is 2. The Balaban J connectivity index is 2.89. The van der Waals surface area contributed by atoms with Crippen LogP contribution < -0.4 is 0 Å². The molecule has 1 rings (SSSR count). The van der Waals surface area contributed by atoms with Crippen molar-refractivity contribution in [1.29, 1.82) is 0 Å². The van der Waals surface area contributed by atoms with Gasteiger partial charge < -0.3 is 4.90 Å². The molecule has 4 nitrogen and oxygen atoms in total. The van der Waals surface area contributed by atoms with Gasteiger partial charge in [-0.25, -0.2) is 0 Å². The maximum absolute atomic E-state index is 12.5. The summed E-state index contributed by atoms with van der Waals surface area (Å²) in [4.78, 5) is 14.3. The first kappa shape index (κ1) is 16.2. The average Bonchev–Trinajstić information content (AvgIpc) is 2.36. The summed E-state index contributed by atoms with van der Waals surface area (Å²) in [5.41, 5.74) is 0.312. The highest BCUT2D eigenvalue weighted by Crippen LogP contribution is 2.19. The molecule has 1 amide bonds. The van der Waals surface area contributed by atoms with Crippen molar-refractivity contribution in [1.82, 2.24) is 15.1 Å². The number of rotatable bonds is 6. The number of hydrogen-bond donors (Lipinski definition) is 0. The Hall–Kier alpha value is -0.870. The van der Waals surface area contributed by atoms with Crippen molar-refractivity contribution in [2.75, 3.05) is 6.54 Å². The number of carbonyl (C=O) groups is 1. The van der Waals surface area contributed by atoms with Gasteiger partial charge >= 0.3 is 0 Å². The molecule has 1 heterocycles. The summed E-state index contributed by atoms with van der Waals surface area (Å²) in [5, 5.41) is 7.55. The van der Waals surface area contributed by atoms with Crippen molar-refractivity contribution in [3.05, 3.63) is 21.9 Å². The van der Waals surface area contributed by atoms with E-state index in [0.29, 0.717) is 12.1 Å². The molecule has 0 aliphatic carbocycles. The minimum Gasteiger partial charge on any atom is -0.336 e. The molecule has 0 N–H and O–H groups in total. The van der Waals surface area contributed by atoms with E-state index >= 15 is 0 Å². The Labute approximate surface area is 124 Å². The van der Waals surface area contributed by atoms with Crippen molar-refractivity contribution in [2.24, 2.45) is 0 Å². The van der Waals surface area contributed by atoms with Crippen LogP contribution in [0.15, 0.2) is 6.07 Å². The van der Waals surface area contributed by atoms with Gasteiger partial charge in [0, 0.05) is 12.6 Å². The molecule has 0 saturated carbocycles. The summed E-state index contributed by atoms with van der Waals surface area (Å²) in [5.74, 6) is -0.145. The summed E-state index contributed by atoms with van der Waals surface area (Å²) in [6.07, 6.45) is 3.19. The summed E-state index contributed by atoms with van der Waals surface area (Å²) in [6, 6.07) is 1.57. The van der Waals surface area contributed by atoms with Crippen molar-refractivity contribution in [3.63, 3.8) is 0 Å². The molecule has 0 radical (unpaired) electrons. The van der Waals surface area contributed by atoms with Crippen molar-refractivity contribution >= 4 is 29.1 Å². The lowest BCUT2D eigenvalue weighted by Crippen LogP contribution is -2.38. The highest BCUT2D eigenvalue weighted by molar-refractivity contribution is 6.34. The highest BCUT2D eigenvalue weighted by Gasteiger charge is 2.22. The van der Waals surface area contributed by atoms with Gasteiger partial charge in [-0.05, 0) is 26.3 Å². The molecule has 106 valence electrons. The van der Waals surface area contributed by atoms with Gasteiger partial charge in [-0.1, -0.05) is 43.0 Å². The first-order valence-electron chi connectivity index (χ1n) is 6.47. The third-order valence-corrected chi connectivity index (χ3v) is 3.30. The Morgan fingerprint density at radius 3 is 2.58 bits per heavy atom. The van der Waals surface area contributed by atoms with E-state index in [-0.39, 0.29) is 22.3 Å². The standard InChI is InChI=1S/C13H19Cl2N3O/c1-4-5-6-7-18(9(2)3)13(19)10-8-11(14)16-17-12(10)15/h8-9H,4-7H2,1-3H3. The van der Waals surface area contributed by atoms with Gasteiger partial charge in [0.1, 0.15) is 0 Å². The summed E-state index contributed by atoms with van der Waals surface area (Å²) in [6.45, 7) is 6.80. The Morgan fingerprint density at radius 1 is 1.32 bits per heavy atom. The number of amides is 1. The lowest BCUT2D eigenvalue weighted by Gasteiger charge is -2.27.